The van der Waals surface area contributed by atoms with Gasteiger partial charge in [0, 0.05) is 0 Å². The molecule has 2 heterocycles. The first-order valence-electron chi connectivity index (χ1n) is 9.47. The van der Waals surface area contributed by atoms with Crippen molar-refractivity contribution >= 4 is 29.5 Å². The summed E-state index contributed by atoms with van der Waals surface area (Å²) in [6.07, 6.45) is 5.58. The fourth-order valence-corrected chi connectivity index (χ4v) is 4.47. The molecular formula is C24H20N2O3S. The second-order valence-electron chi connectivity index (χ2n) is 6.78. The monoisotopic (exact) mass is 416 g/mol. The van der Waals surface area contributed by atoms with Crippen LogP contribution < -0.4 is 14.9 Å². The normalized spacial score (nSPS) is 16.5. The summed E-state index contributed by atoms with van der Waals surface area (Å²) >= 11 is 1.31. The van der Waals surface area contributed by atoms with Crippen molar-refractivity contribution in [1.29, 1.82) is 0 Å². The first-order chi connectivity index (χ1) is 14.6. The standard InChI is InChI=1S/C24H20N2O3S/c1-16-20(23(28)29-2)21(18-13-7-4-8-14-18)26-22(27)19(30-24(26)25-16)15-9-12-17-10-5-3-6-11-17/h3-15,21H,1-2H3/b12-9+,19-15+/t21-/m0/s1. The fourth-order valence-electron chi connectivity index (χ4n) is 3.47. The Labute approximate surface area is 177 Å². The van der Waals surface area contributed by atoms with Gasteiger partial charge in [0.1, 0.15) is 0 Å². The minimum atomic E-state index is -0.574. The topological polar surface area (TPSA) is 60.7 Å². The molecule has 0 unspecified atom stereocenters. The highest BCUT2D eigenvalue weighted by Crippen LogP contribution is 2.30. The van der Waals surface area contributed by atoms with Crippen LogP contribution in [0.1, 0.15) is 24.1 Å². The van der Waals surface area contributed by atoms with E-state index in [9.17, 15) is 9.59 Å². The number of benzene rings is 2. The Morgan fingerprint density at radius 2 is 1.77 bits per heavy atom. The molecule has 6 heteroatoms. The minimum Gasteiger partial charge on any atom is -0.466 e. The Morgan fingerprint density at radius 3 is 2.43 bits per heavy atom. The number of aromatic nitrogens is 1. The molecule has 0 fully saturated rings. The summed E-state index contributed by atoms with van der Waals surface area (Å²) < 4.78 is 7.14. The lowest BCUT2D eigenvalue weighted by Gasteiger charge is -2.24. The molecule has 0 spiro atoms. The van der Waals surface area contributed by atoms with Crippen molar-refractivity contribution in [3.05, 3.63) is 109 Å². The lowest BCUT2D eigenvalue weighted by molar-refractivity contribution is -0.136. The summed E-state index contributed by atoms with van der Waals surface area (Å²) in [6, 6.07) is 18.8. The first-order valence-corrected chi connectivity index (χ1v) is 10.3. The number of methoxy groups -OCH3 is 1. The average Bonchev–Trinajstić information content (AvgIpc) is 3.08. The lowest BCUT2D eigenvalue weighted by atomic mass is 9.96. The van der Waals surface area contributed by atoms with Crippen LogP contribution in [0.25, 0.3) is 12.2 Å². The molecule has 0 saturated carbocycles. The number of esters is 1. The third-order valence-electron chi connectivity index (χ3n) is 4.88. The van der Waals surface area contributed by atoms with Crippen LogP contribution in [0, 0.1) is 0 Å². The number of carbonyl (C=O) groups excluding carboxylic acids is 1. The maximum Gasteiger partial charge on any atom is 0.338 e. The molecular weight excluding hydrogens is 396 g/mol. The zero-order valence-corrected chi connectivity index (χ0v) is 17.4. The minimum absolute atomic E-state index is 0.181. The van der Waals surface area contributed by atoms with E-state index in [0.29, 0.717) is 20.6 Å². The van der Waals surface area contributed by atoms with E-state index in [2.05, 4.69) is 4.99 Å². The van der Waals surface area contributed by atoms with Gasteiger partial charge < -0.3 is 4.74 Å². The van der Waals surface area contributed by atoms with E-state index in [1.54, 1.807) is 17.6 Å². The van der Waals surface area contributed by atoms with Gasteiger partial charge in [0.2, 0.25) is 0 Å². The molecule has 4 rings (SSSR count). The van der Waals surface area contributed by atoms with Gasteiger partial charge in [-0.05, 0) is 24.1 Å². The molecule has 150 valence electrons. The van der Waals surface area contributed by atoms with Gasteiger partial charge in [0.25, 0.3) is 5.56 Å². The average molecular weight is 417 g/mol. The zero-order chi connectivity index (χ0) is 21.1. The third-order valence-corrected chi connectivity index (χ3v) is 5.88. The van der Waals surface area contributed by atoms with Gasteiger partial charge in [-0.15, -0.1) is 0 Å². The van der Waals surface area contributed by atoms with Crippen molar-refractivity contribution < 1.29 is 9.53 Å². The van der Waals surface area contributed by atoms with Gasteiger partial charge in [0.05, 0.1) is 29.0 Å². The number of nitrogens with zero attached hydrogens (tertiary/aromatic N) is 2. The van der Waals surface area contributed by atoms with Crippen molar-refractivity contribution in [2.45, 2.75) is 13.0 Å². The second-order valence-corrected chi connectivity index (χ2v) is 7.79. The van der Waals surface area contributed by atoms with Gasteiger partial charge >= 0.3 is 5.97 Å². The molecule has 5 nitrogen and oxygen atoms in total. The van der Waals surface area contributed by atoms with E-state index in [0.717, 1.165) is 11.1 Å². The predicted molar refractivity (Wildman–Crippen MR) is 119 cm³/mol. The van der Waals surface area contributed by atoms with Crippen LogP contribution in [-0.2, 0) is 9.53 Å². The SMILES string of the molecule is COC(=O)C1=C(C)N=c2s/c(=C/C=C/c3ccccc3)c(=O)n2[C@H]1c1ccccc1. The Kier molecular flexibility index (Phi) is 5.59. The van der Waals surface area contributed by atoms with Crippen molar-refractivity contribution in [3.8, 4) is 0 Å². The van der Waals surface area contributed by atoms with Gasteiger partial charge in [-0.25, -0.2) is 9.79 Å². The number of fused-ring (bicyclic) bond motifs is 1. The fraction of sp³-hybridized carbons (Fsp3) is 0.125. The number of hydrogen-bond acceptors (Lipinski definition) is 5. The Balaban J connectivity index is 1.87. The molecule has 0 bridgehead atoms. The summed E-state index contributed by atoms with van der Waals surface area (Å²) in [5.74, 6) is -0.483. The first kappa shape index (κ1) is 19.8. The number of allylic oxidation sites excluding steroid dienone is 2. The molecule has 30 heavy (non-hydrogen) atoms. The predicted octanol–water partition coefficient (Wildman–Crippen LogP) is 3.07. The van der Waals surface area contributed by atoms with Crippen molar-refractivity contribution in [1.82, 2.24) is 4.57 Å². The zero-order valence-electron chi connectivity index (χ0n) is 16.6. The van der Waals surface area contributed by atoms with Crippen molar-refractivity contribution in [2.24, 2.45) is 4.99 Å². The Hall–Kier alpha value is -3.51. The van der Waals surface area contributed by atoms with Gasteiger partial charge in [-0.1, -0.05) is 84.2 Å². The van der Waals surface area contributed by atoms with Gasteiger partial charge in [-0.3, -0.25) is 9.36 Å². The third kappa shape index (κ3) is 3.69. The molecule has 1 aromatic heterocycles. The van der Waals surface area contributed by atoms with Crippen LogP contribution in [0.2, 0.25) is 0 Å². The molecule has 0 N–H and O–H groups in total. The number of rotatable bonds is 4. The number of carbonyl (C=O) groups is 1. The van der Waals surface area contributed by atoms with Crippen LogP contribution >= 0.6 is 11.3 Å². The van der Waals surface area contributed by atoms with E-state index >= 15 is 0 Å². The van der Waals surface area contributed by atoms with Gasteiger partial charge in [-0.2, -0.15) is 0 Å². The highest BCUT2D eigenvalue weighted by molar-refractivity contribution is 7.07. The Bertz CT molecular complexity index is 1320. The van der Waals surface area contributed by atoms with E-state index < -0.39 is 12.0 Å². The number of hydrogen-bond donors (Lipinski definition) is 0. The maximum atomic E-state index is 13.3. The smallest absolute Gasteiger partial charge is 0.338 e. The van der Waals surface area contributed by atoms with E-state index in [-0.39, 0.29) is 5.56 Å². The highest BCUT2D eigenvalue weighted by atomic mass is 32.1. The molecule has 0 saturated heterocycles. The Morgan fingerprint density at radius 1 is 1.10 bits per heavy atom. The molecule has 3 aromatic rings. The van der Waals surface area contributed by atoms with Crippen LogP contribution in [0.15, 0.2) is 87.8 Å². The molecule has 0 amide bonds. The number of thiazole rings is 1. The molecule has 1 aliphatic heterocycles. The quantitative estimate of drug-likeness (QED) is 0.614. The second kappa shape index (κ2) is 8.47. The summed E-state index contributed by atoms with van der Waals surface area (Å²) in [7, 11) is 1.34. The largest absolute Gasteiger partial charge is 0.466 e. The lowest BCUT2D eigenvalue weighted by Crippen LogP contribution is -2.39. The van der Waals surface area contributed by atoms with Crippen LogP contribution in [-0.4, -0.2) is 17.6 Å². The summed E-state index contributed by atoms with van der Waals surface area (Å²) in [4.78, 5) is 30.9. The molecule has 0 aliphatic carbocycles. The molecule has 0 radical (unpaired) electrons. The van der Waals surface area contributed by atoms with Crippen LogP contribution in [0.5, 0.6) is 0 Å². The molecule has 1 atom stereocenters. The van der Waals surface area contributed by atoms with Crippen molar-refractivity contribution in [3.63, 3.8) is 0 Å². The summed E-state index contributed by atoms with van der Waals surface area (Å²) in [6.45, 7) is 1.77. The summed E-state index contributed by atoms with van der Waals surface area (Å²) in [5, 5.41) is 0. The maximum absolute atomic E-state index is 13.3. The molecule has 1 aliphatic rings. The van der Waals surface area contributed by atoms with Crippen LogP contribution in [0.3, 0.4) is 0 Å². The van der Waals surface area contributed by atoms with Gasteiger partial charge in [0.15, 0.2) is 4.80 Å². The number of ether oxygens (including phenoxy) is 1. The van der Waals surface area contributed by atoms with Crippen molar-refractivity contribution in [2.75, 3.05) is 7.11 Å². The van der Waals surface area contributed by atoms with E-state index in [1.807, 2.05) is 72.8 Å². The van der Waals surface area contributed by atoms with E-state index in [4.69, 9.17) is 4.74 Å². The van der Waals surface area contributed by atoms with Crippen LogP contribution in [0.4, 0.5) is 0 Å². The summed E-state index contributed by atoms with van der Waals surface area (Å²) in [5.41, 5.74) is 2.64. The molecule has 2 aromatic carbocycles. The van der Waals surface area contributed by atoms with E-state index in [1.165, 1.54) is 18.4 Å². The highest BCUT2D eigenvalue weighted by Gasteiger charge is 2.32.